The fraction of sp³-hybridized carbons (Fsp3) is 0.333. The molecule has 1 fully saturated rings. The zero-order valence-electron chi connectivity index (χ0n) is 22.6. The summed E-state index contributed by atoms with van der Waals surface area (Å²) in [6.07, 6.45) is 2.74. The predicted molar refractivity (Wildman–Crippen MR) is 155 cm³/mol. The van der Waals surface area contributed by atoms with Gasteiger partial charge >= 0.3 is 6.03 Å². The smallest absolute Gasteiger partial charge is 0.320 e. The van der Waals surface area contributed by atoms with E-state index in [1.54, 1.807) is 19.2 Å². The third kappa shape index (κ3) is 6.19. The van der Waals surface area contributed by atoms with Crippen LogP contribution in [0.15, 0.2) is 54.7 Å². The second-order valence-corrected chi connectivity index (χ2v) is 10.1. The SMILES string of the molecule is CCc1nc2c(C)cc(-c3ccc(CN4CCOCC4)cc3)cn2c1NC(=O)NCc1ccc(OC)c(Cl)c1. The van der Waals surface area contributed by atoms with E-state index < -0.39 is 0 Å². The van der Waals surface area contributed by atoms with Gasteiger partial charge in [0.25, 0.3) is 0 Å². The number of rotatable bonds is 8. The molecule has 8 nitrogen and oxygen atoms in total. The van der Waals surface area contributed by atoms with E-state index in [9.17, 15) is 4.79 Å². The van der Waals surface area contributed by atoms with Crippen molar-refractivity contribution in [2.75, 3.05) is 38.7 Å². The monoisotopic (exact) mass is 547 g/mol. The lowest BCUT2D eigenvalue weighted by Gasteiger charge is -2.26. The Morgan fingerprint density at radius 2 is 1.82 bits per heavy atom. The van der Waals surface area contributed by atoms with Crippen molar-refractivity contribution in [1.29, 1.82) is 0 Å². The van der Waals surface area contributed by atoms with Crippen molar-refractivity contribution in [2.45, 2.75) is 33.4 Å². The van der Waals surface area contributed by atoms with Crippen LogP contribution in [0.2, 0.25) is 5.02 Å². The van der Waals surface area contributed by atoms with Crippen LogP contribution in [-0.4, -0.2) is 53.7 Å². The first kappa shape index (κ1) is 27.0. The Morgan fingerprint density at radius 1 is 1.08 bits per heavy atom. The van der Waals surface area contributed by atoms with Crippen LogP contribution in [0.25, 0.3) is 16.8 Å². The molecule has 0 unspecified atom stereocenters. The number of benzene rings is 2. The molecule has 2 N–H and O–H groups in total. The summed E-state index contributed by atoms with van der Waals surface area (Å²) < 4.78 is 12.6. The summed E-state index contributed by atoms with van der Waals surface area (Å²) in [4.78, 5) is 20.1. The molecule has 9 heteroatoms. The molecule has 2 aromatic heterocycles. The van der Waals surface area contributed by atoms with Gasteiger partial charge in [-0.2, -0.15) is 0 Å². The second kappa shape index (κ2) is 12.1. The van der Waals surface area contributed by atoms with Crippen LogP contribution in [0.1, 0.15) is 29.3 Å². The highest BCUT2D eigenvalue weighted by Gasteiger charge is 2.17. The number of aryl methyl sites for hydroxylation is 2. The molecule has 0 aliphatic carbocycles. The Bertz CT molecular complexity index is 1460. The van der Waals surface area contributed by atoms with Gasteiger partial charge in [0.05, 0.1) is 31.0 Å². The van der Waals surface area contributed by atoms with E-state index in [0.717, 1.165) is 66.4 Å². The van der Waals surface area contributed by atoms with Crippen molar-refractivity contribution < 1.29 is 14.3 Å². The van der Waals surface area contributed by atoms with Crippen molar-refractivity contribution in [2.24, 2.45) is 0 Å². The Labute approximate surface area is 233 Å². The quantitative estimate of drug-likeness (QED) is 0.296. The summed E-state index contributed by atoms with van der Waals surface area (Å²) in [6.45, 7) is 8.87. The van der Waals surface area contributed by atoms with Crippen LogP contribution in [0.4, 0.5) is 10.6 Å². The largest absolute Gasteiger partial charge is 0.495 e. The number of nitrogens with one attached hydrogen (secondary N) is 2. The van der Waals surface area contributed by atoms with Crippen molar-refractivity contribution in [3.63, 3.8) is 0 Å². The lowest BCUT2D eigenvalue weighted by atomic mass is 10.0. The van der Waals surface area contributed by atoms with Crippen molar-refractivity contribution in [1.82, 2.24) is 19.6 Å². The van der Waals surface area contributed by atoms with Gasteiger partial charge in [-0.05, 0) is 59.4 Å². The summed E-state index contributed by atoms with van der Waals surface area (Å²) in [5.74, 6) is 1.27. The molecule has 0 saturated carbocycles. The zero-order chi connectivity index (χ0) is 27.4. The second-order valence-electron chi connectivity index (χ2n) is 9.73. The fourth-order valence-corrected chi connectivity index (χ4v) is 5.15. The van der Waals surface area contributed by atoms with Crippen molar-refractivity contribution >= 4 is 29.1 Å². The summed E-state index contributed by atoms with van der Waals surface area (Å²) >= 11 is 6.23. The molecular weight excluding hydrogens is 514 g/mol. The Hall–Kier alpha value is -3.59. The Balaban J connectivity index is 1.34. The number of pyridine rings is 1. The van der Waals surface area contributed by atoms with Crippen LogP contribution in [0.5, 0.6) is 5.75 Å². The molecule has 2 aromatic carbocycles. The third-order valence-corrected chi connectivity index (χ3v) is 7.30. The van der Waals surface area contributed by atoms with E-state index in [2.05, 4.69) is 52.8 Å². The number of carbonyl (C=O) groups excluding carboxylic acids is 1. The minimum absolute atomic E-state index is 0.311. The van der Waals surface area contributed by atoms with E-state index in [4.69, 9.17) is 26.1 Å². The molecular formula is C30H34ClN5O3. The van der Waals surface area contributed by atoms with E-state index in [1.807, 2.05) is 23.6 Å². The first-order chi connectivity index (χ1) is 18.9. The average Bonchev–Trinajstić information content (AvgIpc) is 3.30. The minimum atomic E-state index is -0.311. The van der Waals surface area contributed by atoms with E-state index >= 15 is 0 Å². The molecule has 1 aliphatic rings. The summed E-state index contributed by atoms with van der Waals surface area (Å²) in [5, 5.41) is 6.45. The number of ether oxygens (including phenoxy) is 2. The summed E-state index contributed by atoms with van der Waals surface area (Å²) in [5.41, 5.74) is 7.04. The minimum Gasteiger partial charge on any atom is -0.495 e. The van der Waals surface area contributed by atoms with Gasteiger partial charge in [-0.1, -0.05) is 48.9 Å². The van der Waals surface area contributed by atoms with Crippen LogP contribution < -0.4 is 15.4 Å². The zero-order valence-corrected chi connectivity index (χ0v) is 23.3. The number of urea groups is 1. The first-order valence-corrected chi connectivity index (χ1v) is 13.6. The van der Waals surface area contributed by atoms with Crippen LogP contribution in [-0.2, 0) is 24.2 Å². The summed E-state index contributed by atoms with van der Waals surface area (Å²) in [7, 11) is 1.57. The molecule has 4 aromatic rings. The number of aromatic nitrogens is 2. The number of hydrogen-bond acceptors (Lipinski definition) is 5. The van der Waals surface area contributed by atoms with Gasteiger partial charge in [-0.25, -0.2) is 9.78 Å². The molecule has 0 bridgehead atoms. The van der Waals surface area contributed by atoms with Gasteiger partial charge < -0.3 is 14.8 Å². The molecule has 0 radical (unpaired) electrons. The number of anilines is 1. The molecule has 5 rings (SSSR count). The van der Waals surface area contributed by atoms with Gasteiger partial charge in [0.1, 0.15) is 17.2 Å². The summed E-state index contributed by atoms with van der Waals surface area (Å²) in [6, 6.07) is 16.0. The average molecular weight is 548 g/mol. The van der Waals surface area contributed by atoms with Gasteiger partial charge in [-0.3, -0.25) is 14.6 Å². The number of fused-ring (bicyclic) bond motifs is 1. The van der Waals surface area contributed by atoms with E-state index in [0.29, 0.717) is 29.6 Å². The maximum Gasteiger partial charge on any atom is 0.320 e. The number of imidazole rings is 1. The number of amides is 2. The number of halogens is 1. The van der Waals surface area contributed by atoms with Crippen LogP contribution in [0.3, 0.4) is 0 Å². The van der Waals surface area contributed by atoms with Crippen LogP contribution >= 0.6 is 11.6 Å². The van der Waals surface area contributed by atoms with Gasteiger partial charge in [0.15, 0.2) is 0 Å². The molecule has 2 amide bonds. The topological polar surface area (TPSA) is 80.1 Å². The third-order valence-electron chi connectivity index (χ3n) is 7.01. The molecule has 204 valence electrons. The van der Waals surface area contributed by atoms with Crippen LogP contribution in [0, 0.1) is 6.92 Å². The molecule has 1 aliphatic heterocycles. The number of nitrogens with zero attached hydrogens (tertiary/aromatic N) is 3. The predicted octanol–water partition coefficient (Wildman–Crippen LogP) is 5.69. The van der Waals surface area contributed by atoms with Gasteiger partial charge in [-0.15, -0.1) is 0 Å². The normalized spacial score (nSPS) is 13.9. The molecule has 1 saturated heterocycles. The lowest BCUT2D eigenvalue weighted by molar-refractivity contribution is 0.0342. The number of morpholine rings is 1. The molecule has 39 heavy (non-hydrogen) atoms. The van der Waals surface area contributed by atoms with Crippen molar-refractivity contribution in [3.8, 4) is 16.9 Å². The number of hydrogen-bond donors (Lipinski definition) is 2. The standard InChI is InChI=1S/C30H34ClN5O3/c1-4-26-29(34-30(37)32-17-22-7-10-27(38-3)25(31)16-22)36-19-24(15-20(2)28(36)33-26)23-8-5-21(6-9-23)18-35-11-13-39-14-12-35/h5-10,15-16,19H,4,11-14,17-18H2,1-3H3,(H2,32,34,37). The highest BCUT2D eigenvalue weighted by atomic mass is 35.5. The Morgan fingerprint density at radius 3 is 2.51 bits per heavy atom. The molecule has 0 spiro atoms. The van der Waals surface area contributed by atoms with Gasteiger partial charge in [0, 0.05) is 32.4 Å². The number of methoxy groups -OCH3 is 1. The maximum absolute atomic E-state index is 12.9. The highest BCUT2D eigenvalue weighted by molar-refractivity contribution is 6.32. The maximum atomic E-state index is 12.9. The lowest BCUT2D eigenvalue weighted by Crippen LogP contribution is -2.35. The van der Waals surface area contributed by atoms with Gasteiger partial charge in [0.2, 0.25) is 0 Å². The van der Waals surface area contributed by atoms with E-state index in [-0.39, 0.29) is 6.03 Å². The number of carbonyl (C=O) groups is 1. The fourth-order valence-electron chi connectivity index (χ4n) is 4.87. The molecule has 3 heterocycles. The Kier molecular flexibility index (Phi) is 8.35. The first-order valence-electron chi connectivity index (χ1n) is 13.2. The van der Waals surface area contributed by atoms with E-state index in [1.165, 1.54) is 5.56 Å². The molecule has 0 atom stereocenters. The highest BCUT2D eigenvalue weighted by Crippen LogP contribution is 2.28. The van der Waals surface area contributed by atoms with Crippen molar-refractivity contribution in [3.05, 3.63) is 82.1 Å².